The van der Waals surface area contributed by atoms with Crippen molar-refractivity contribution >= 4 is 5.91 Å². The molecule has 2 aliphatic heterocycles. The number of ether oxygens (including phenoxy) is 2. The molecule has 1 aromatic carbocycles. The largest absolute Gasteiger partial charge is 0.480 e. The highest BCUT2D eigenvalue weighted by molar-refractivity contribution is 5.96. The van der Waals surface area contributed by atoms with Gasteiger partial charge in [-0.15, -0.1) is 0 Å². The van der Waals surface area contributed by atoms with Crippen LogP contribution in [0.5, 0.6) is 5.88 Å². The number of pyridine rings is 1. The van der Waals surface area contributed by atoms with Crippen LogP contribution in [-0.4, -0.2) is 66.1 Å². The van der Waals surface area contributed by atoms with Gasteiger partial charge >= 0.3 is 0 Å². The van der Waals surface area contributed by atoms with Gasteiger partial charge in [0.05, 0.1) is 20.3 Å². The number of hydrogen-bond acceptors (Lipinski definition) is 5. The van der Waals surface area contributed by atoms with E-state index in [4.69, 9.17) is 9.47 Å². The molecule has 0 aliphatic carbocycles. The van der Waals surface area contributed by atoms with Crippen LogP contribution in [0.3, 0.4) is 0 Å². The number of methoxy groups -OCH3 is 1. The summed E-state index contributed by atoms with van der Waals surface area (Å²) in [5.41, 5.74) is 1.77. The molecule has 1 amide bonds. The van der Waals surface area contributed by atoms with Gasteiger partial charge in [-0.1, -0.05) is 30.3 Å². The van der Waals surface area contributed by atoms with Crippen LogP contribution in [0, 0.1) is 0 Å². The Kier molecular flexibility index (Phi) is 6.97. The molecular weight excluding hydrogens is 378 g/mol. The van der Waals surface area contributed by atoms with Crippen LogP contribution in [0.15, 0.2) is 48.7 Å². The minimum Gasteiger partial charge on any atom is -0.480 e. The number of likely N-dealkylation sites (tertiary alicyclic amines) is 2. The highest BCUT2D eigenvalue weighted by Gasteiger charge is 2.34. The predicted molar refractivity (Wildman–Crippen MR) is 116 cm³/mol. The summed E-state index contributed by atoms with van der Waals surface area (Å²) in [5, 5.41) is 0. The topological polar surface area (TPSA) is 54.9 Å². The minimum absolute atomic E-state index is 0.0163. The van der Waals surface area contributed by atoms with E-state index < -0.39 is 0 Å². The lowest BCUT2D eigenvalue weighted by molar-refractivity contribution is 0.0313. The van der Waals surface area contributed by atoms with Crippen LogP contribution >= 0.6 is 0 Å². The molecule has 2 fully saturated rings. The van der Waals surface area contributed by atoms with E-state index in [-0.39, 0.29) is 5.91 Å². The maximum absolute atomic E-state index is 12.9. The number of hydrogen-bond donors (Lipinski definition) is 0. The Bertz CT molecular complexity index is 821. The normalized spacial score (nSPS) is 20.4. The zero-order chi connectivity index (χ0) is 20.8. The Morgan fingerprint density at radius 2 is 1.87 bits per heavy atom. The molecule has 6 nitrogen and oxygen atoms in total. The van der Waals surface area contributed by atoms with Gasteiger partial charge in [0, 0.05) is 31.4 Å². The van der Waals surface area contributed by atoms with Crippen molar-refractivity contribution in [1.82, 2.24) is 14.8 Å². The Labute approximate surface area is 178 Å². The molecule has 2 saturated heterocycles. The third kappa shape index (κ3) is 4.82. The minimum atomic E-state index is 0.0163. The zero-order valence-corrected chi connectivity index (χ0v) is 17.7. The van der Waals surface area contributed by atoms with E-state index in [1.807, 2.05) is 11.0 Å². The van der Waals surface area contributed by atoms with E-state index >= 15 is 0 Å². The molecule has 2 aliphatic rings. The van der Waals surface area contributed by atoms with Crippen LogP contribution in [0.2, 0.25) is 0 Å². The monoisotopic (exact) mass is 409 g/mol. The number of piperidine rings is 1. The first-order valence-electron chi connectivity index (χ1n) is 10.9. The average Bonchev–Trinajstić information content (AvgIpc) is 3.28. The number of aromatic nitrogens is 1. The number of carbonyl (C=O) groups is 1. The second kappa shape index (κ2) is 10.0. The van der Waals surface area contributed by atoms with Gasteiger partial charge < -0.3 is 14.4 Å². The fraction of sp³-hybridized carbons (Fsp3) is 0.500. The van der Waals surface area contributed by atoms with Crippen LogP contribution in [0.25, 0.3) is 0 Å². The lowest BCUT2D eigenvalue weighted by Crippen LogP contribution is -2.49. The van der Waals surface area contributed by atoms with Crippen LogP contribution in [-0.2, 0) is 11.3 Å². The number of rotatable bonds is 7. The summed E-state index contributed by atoms with van der Waals surface area (Å²) < 4.78 is 11.3. The molecule has 1 aromatic heterocycles. The van der Waals surface area contributed by atoms with E-state index in [1.54, 1.807) is 25.4 Å². The first-order valence-corrected chi connectivity index (χ1v) is 10.9. The SMILES string of the molecule is COc1ncccc1C(=O)N1CCC(N2CCC[C@@H]2COCc2ccccc2)CC1. The van der Waals surface area contributed by atoms with Crippen molar-refractivity contribution in [3.63, 3.8) is 0 Å². The first kappa shape index (κ1) is 20.8. The predicted octanol–water partition coefficient (Wildman–Crippen LogP) is 3.38. The maximum atomic E-state index is 12.9. The molecule has 0 saturated carbocycles. The summed E-state index contributed by atoms with van der Waals surface area (Å²) >= 11 is 0. The Morgan fingerprint density at radius 3 is 2.63 bits per heavy atom. The second-order valence-corrected chi connectivity index (χ2v) is 8.12. The van der Waals surface area contributed by atoms with Gasteiger partial charge in [0.15, 0.2) is 0 Å². The van der Waals surface area contributed by atoms with Crippen molar-refractivity contribution in [3.8, 4) is 5.88 Å². The highest BCUT2D eigenvalue weighted by Crippen LogP contribution is 2.27. The molecule has 0 bridgehead atoms. The van der Waals surface area contributed by atoms with Crippen molar-refractivity contribution in [2.45, 2.75) is 44.4 Å². The molecule has 0 radical (unpaired) electrons. The molecule has 30 heavy (non-hydrogen) atoms. The number of nitrogens with zero attached hydrogens (tertiary/aromatic N) is 3. The Hall–Kier alpha value is -2.44. The first-order chi connectivity index (χ1) is 14.8. The van der Waals surface area contributed by atoms with Gasteiger partial charge in [-0.2, -0.15) is 0 Å². The smallest absolute Gasteiger partial charge is 0.259 e. The second-order valence-electron chi connectivity index (χ2n) is 8.12. The van der Waals surface area contributed by atoms with Crippen molar-refractivity contribution in [2.75, 3.05) is 33.4 Å². The molecule has 2 aromatic rings. The lowest BCUT2D eigenvalue weighted by Gasteiger charge is -2.39. The zero-order valence-electron chi connectivity index (χ0n) is 17.7. The van der Waals surface area contributed by atoms with E-state index in [9.17, 15) is 4.79 Å². The lowest BCUT2D eigenvalue weighted by atomic mass is 10.0. The van der Waals surface area contributed by atoms with Gasteiger partial charge in [-0.3, -0.25) is 9.69 Å². The molecular formula is C24H31N3O3. The molecule has 1 atom stereocenters. The standard InChI is InChI=1S/C24H31N3O3/c1-29-23-22(10-5-13-25-23)24(28)26-15-11-20(12-16-26)27-14-6-9-21(27)18-30-17-19-7-3-2-4-8-19/h2-5,7-8,10,13,20-21H,6,9,11-12,14-18H2,1H3/t21-/m1/s1. The molecule has 3 heterocycles. The summed E-state index contributed by atoms with van der Waals surface area (Å²) in [4.78, 5) is 21.6. The van der Waals surface area contributed by atoms with Crippen molar-refractivity contribution in [3.05, 3.63) is 59.8 Å². The maximum Gasteiger partial charge on any atom is 0.259 e. The van der Waals surface area contributed by atoms with Crippen molar-refractivity contribution in [1.29, 1.82) is 0 Å². The van der Waals surface area contributed by atoms with Crippen molar-refractivity contribution in [2.24, 2.45) is 0 Å². The van der Waals surface area contributed by atoms with E-state index in [1.165, 1.54) is 18.4 Å². The van der Waals surface area contributed by atoms with Crippen LogP contribution in [0.4, 0.5) is 0 Å². The Balaban J connectivity index is 1.28. The third-order valence-electron chi connectivity index (χ3n) is 6.26. The molecule has 6 heteroatoms. The van der Waals surface area contributed by atoms with Gasteiger partial charge in [0.1, 0.15) is 5.56 Å². The van der Waals surface area contributed by atoms with E-state index in [0.29, 0.717) is 30.1 Å². The number of amides is 1. The molecule has 160 valence electrons. The fourth-order valence-corrected chi connectivity index (χ4v) is 4.69. The van der Waals surface area contributed by atoms with Gasteiger partial charge in [-0.25, -0.2) is 4.98 Å². The Morgan fingerprint density at radius 1 is 1.07 bits per heavy atom. The molecule has 4 rings (SSSR count). The fourth-order valence-electron chi connectivity index (χ4n) is 4.69. The summed E-state index contributed by atoms with van der Waals surface area (Å²) in [6.45, 7) is 4.13. The summed E-state index contributed by atoms with van der Waals surface area (Å²) in [6.07, 6.45) is 6.08. The average molecular weight is 410 g/mol. The van der Waals surface area contributed by atoms with Crippen molar-refractivity contribution < 1.29 is 14.3 Å². The van der Waals surface area contributed by atoms with E-state index in [0.717, 1.165) is 39.1 Å². The van der Waals surface area contributed by atoms with Gasteiger partial charge in [-0.05, 0) is 49.9 Å². The van der Waals surface area contributed by atoms with E-state index in [2.05, 4.69) is 34.1 Å². The van der Waals surface area contributed by atoms with Gasteiger partial charge in [0.25, 0.3) is 5.91 Å². The van der Waals surface area contributed by atoms with Gasteiger partial charge in [0.2, 0.25) is 5.88 Å². The summed E-state index contributed by atoms with van der Waals surface area (Å²) in [5.74, 6) is 0.419. The quantitative estimate of drug-likeness (QED) is 0.702. The number of carbonyl (C=O) groups excluding carboxylic acids is 1. The third-order valence-corrected chi connectivity index (χ3v) is 6.26. The van der Waals surface area contributed by atoms with Crippen LogP contribution in [0.1, 0.15) is 41.6 Å². The molecule has 0 N–H and O–H groups in total. The van der Waals surface area contributed by atoms with Crippen LogP contribution < -0.4 is 4.74 Å². The highest BCUT2D eigenvalue weighted by atomic mass is 16.5. The summed E-state index contributed by atoms with van der Waals surface area (Å²) in [6, 6.07) is 14.9. The number of benzene rings is 1. The summed E-state index contributed by atoms with van der Waals surface area (Å²) in [7, 11) is 1.55. The molecule has 0 spiro atoms. The molecule has 0 unspecified atom stereocenters.